The van der Waals surface area contributed by atoms with E-state index in [1.165, 1.54) is 12.4 Å². The number of sulfonamides is 1. The monoisotopic (exact) mass is 295 g/mol. The number of aromatic nitrogens is 4. The lowest BCUT2D eigenvalue weighted by molar-refractivity contribution is 0.600. The molecule has 2 heterocycles. The molecule has 2 aromatic heterocycles. The maximum Gasteiger partial charge on any atom is 0.266 e. The number of hydrogen-bond donors (Lipinski definition) is 1. The molecular weight excluding hydrogens is 278 g/mol. The van der Waals surface area contributed by atoms with Crippen molar-refractivity contribution in [3.8, 4) is 0 Å². The van der Waals surface area contributed by atoms with E-state index < -0.39 is 10.0 Å². The zero-order valence-electron chi connectivity index (χ0n) is 11.7. The summed E-state index contributed by atoms with van der Waals surface area (Å²) < 4.78 is 28.4. The van der Waals surface area contributed by atoms with Crippen LogP contribution in [0, 0.1) is 6.92 Å². The summed E-state index contributed by atoms with van der Waals surface area (Å²) in [6.45, 7) is 6.18. The van der Waals surface area contributed by atoms with E-state index in [2.05, 4.69) is 19.8 Å². The SMILES string of the molecule is CCc1cc(NS(=O)(=O)c2cnn(CC)c2)nc(C)n1. The van der Waals surface area contributed by atoms with E-state index in [0.717, 1.165) is 5.69 Å². The molecule has 0 bridgehead atoms. The minimum atomic E-state index is -3.67. The Morgan fingerprint density at radius 1 is 1.30 bits per heavy atom. The molecule has 0 aliphatic rings. The summed E-state index contributed by atoms with van der Waals surface area (Å²) in [5.41, 5.74) is 0.791. The van der Waals surface area contributed by atoms with E-state index in [1.54, 1.807) is 17.7 Å². The Bertz CT molecular complexity index is 708. The zero-order chi connectivity index (χ0) is 14.8. The highest BCUT2D eigenvalue weighted by Crippen LogP contribution is 2.14. The molecule has 0 amide bonds. The van der Waals surface area contributed by atoms with Crippen LogP contribution in [0.2, 0.25) is 0 Å². The number of nitrogens with zero attached hydrogens (tertiary/aromatic N) is 4. The van der Waals surface area contributed by atoms with Crippen molar-refractivity contribution in [2.45, 2.75) is 38.6 Å². The Kier molecular flexibility index (Phi) is 4.03. The highest BCUT2D eigenvalue weighted by molar-refractivity contribution is 7.92. The van der Waals surface area contributed by atoms with Gasteiger partial charge in [0.1, 0.15) is 16.5 Å². The molecule has 0 aliphatic heterocycles. The molecule has 108 valence electrons. The van der Waals surface area contributed by atoms with Crippen molar-refractivity contribution in [1.29, 1.82) is 0 Å². The number of nitrogens with one attached hydrogen (secondary N) is 1. The first-order valence-electron chi connectivity index (χ1n) is 6.34. The first kappa shape index (κ1) is 14.4. The van der Waals surface area contributed by atoms with E-state index >= 15 is 0 Å². The lowest BCUT2D eigenvalue weighted by Crippen LogP contribution is -2.14. The summed E-state index contributed by atoms with van der Waals surface area (Å²) in [6.07, 6.45) is 3.52. The third-order valence-corrected chi connectivity index (χ3v) is 4.05. The quantitative estimate of drug-likeness (QED) is 0.899. The van der Waals surface area contributed by atoms with Gasteiger partial charge in [-0.2, -0.15) is 5.10 Å². The average molecular weight is 295 g/mol. The zero-order valence-corrected chi connectivity index (χ0v) is 12.5. The van der Waals surface area contributed by atoms with Crippen molar-refractivity contribution < 1.29 is 8.42 Å². The van der Waals surface area contributed by atoms with Gasteiger partial charge in [0.05, 0.1) is 6.20 Å². The molecule has 20 heavy (non-hydrogen) atoms. The van der Waals surface area contributed by atoms with Gasteiger partial charge in [0.15, 0.2) is 0 Å². The third kappa shape index (κ3) is 3.13. The van der Waals surface area contributed by atoms with Crippen LogP contribution in [0.3, 0.4) is 0 Å². The van der Waals surface area contributed by atoms with Gasteiger partial charge in [-0.25, -0.2) is 18.4 Å². The number of anilines is 1. The fraction of sp³-hybridized carbons (Fsp3) is 0.417. The Morgan fingerprint density at radius 2 is 2.05 bits per heavy atom. The molecule has 0 aromatic carbocycles. The van der Waals surface area contributed by atoms with Crippen molar-refractivity contribution in [2.75, 3.05) is 4.72 Å². The highest BCUT2D eigenvalue weighted by Gasteiger charge is 2.17. The maximum absolute atomic E-state index is 12.2. The molecule has 0 fully saturated rings. The summed E-state index contributed by atoms with van der Waals surface area (Å²) in [7, 11) is -3.67. The highest BCUT2D eigenvalue weighted by atomic mass is 32.2. The Labute approximate surface area is 118 Å². The summed E-state index contributed by atoms with van der Waals surface area (Å²) in [6, 6.07) is 1.63. The molecule has 8 heteroatoms. The van der Waals surface area contributed by atoms with E-state index in [4.69, 9.17) is 0 Å². The van der Waals surface area contributed by atoms with Crippen LogP contribution >= 0.6 is 0 Å². The molecule has 0 spiro atoms. The summed E-state index contributed by atoms with van der Waals surface area (Å²) in [4.78, 5) is 8.42. The molecule has 0 saturated carbocycles. The van der Waals surface area contributed by atoms with Crippen molar-refractivity contribution >= 4 is 15.8 Å². The van der Waals surface area contributed by atoms with Crippen LogP contribution in [0.1, 0.15) is 25.4 Å². The molecular formula is C12H17N5O2S. The molecule has 0 saturated heterocycles. The largest absolute Gasteiger partial charge is 0.272 e. The summed E-state index contributed by atoms with van der Waals surface area (Å²) in [5, 5.41) is 3.96. The van der Waals surface area contributed by atoms with Crippen LogP contribution in [0.4, 0.5) is 5.82 Å². The van der Waals surface area contributed by atoms with Gasteiger partial charge >= 0.3 is 0 Å². The van der Waals surface area contributed by atoms with Crippen molar-refractivity contribution in [1.82, 2.24) is 19.7 Å². The minimum absolute atomic E-state index is 0.119. The number of aryl methyl sites for hydroxylation is 3. The Morgan fingerprint density at radius 3 is 2.65 bits per heavy atom. The molecule has 1 N–H and O–H groups in total. The smallest absolute Gasteiger partial charge is 0.266 e. The van der Waals surface area contributed by atoms with Crippen LogP contribution in [0.25, 0.3) is 0 Å². The fourth-order valence-corrected chi connectivity index (χ4v) is 2.66. The van der Waals surface area contributed by atoms with Gasteiger partial charge in [0, 0.05) is 24.5 Å². The first-order chi connectivity index (χ1) is 9.44. The van der Waals surface area contributed by atoms with E-state index in [0.29, 0.717) is 18.8 Å². The lowest BCUT2D eigenvalue weighted by Gasteiger charge is -2.07. The van der Waals surface area contributed by atoms with Gasteiger partial charge in [0.2, 0.25) is 0 Å². The molecule has 0 atom stereocenters. The number of rotatable bonds is 5. The van der Waals surface area contributed by atoms with Gasteiger partial charge in [-0.15, -0.1) is 0 Å². The predicted octanol–water partition coefficient (Wildman–Crippen LogP) is 1.36. The van der Waals surface area contributed by atoms with E-state index in [9.17, 15) is 8.42 Å². The molecule has 2 rings (SSSR count). The van der Waals surface area contributed by atoms with E-state index in [1.807, 2.05) is 13.8 Å². The normalized spacial score (nSPS) is 11.6. The minimum Gasteiger partial charge on any atom is -0.272 e. The fourth-order valence-electron chi connectivity index (χ4n) is 1.72. The van der Waals surface area contributed by atoms with Crippen LogP contribution in [0.5, 0.6) is 0 Å². The lowest BCUT2D eigenvalue weighted by atomic mass is 10.3. The van der Waals surface area contributed by atoms with Gasteiger partial charge in [0.25, 0.3) is 10.0 Å². The molecule has 2 aromatic rings. The second kappa shape index (κ2) is 5.58. The van der Waals surface area contributed by atoms with Crippen LogP contribution < -0.4 is 4.72 Å². The van der Waals surface area contributed by atoms with Crippen molar-refractivity contribution in [3.05, 3.63) is 30.0 Å². The standard InChI is InChI=1S/C12H17N5O2S/c1-4-10-6-12(15-9(3)14-10)16-20(18,19)11-7-13-17(5-2)8-11/h6-8H,4-5H2,1-3H3,(H,14,15,16). The van der Waals surface area contributed by atoms with Gasteiger partial charge in [-0.3, -0.25) is 9.40 Å². The topological polar surface area (TPSA) is 89.8 Å². The third-order valence-electron chi connectivity index (χ3n) is 2.74. The van der Waals surface area contributed by atoms with Crippen LogP contribution in [0.15, 0.2) is 23.4 Å². The van der Waals surface area contributed by atoms with Crippen molar-refractivity contribution in [2.24, 2.45) is 0 Å². The van der Waals surface area contributed by atoms with Gasteiger partial charge in [-0.1, -0.05) is 6.92 Å². The predicted molar refractivity (Wildman–Crippen MR) is 74.9 cm³/mol. The Hall–Kier alpha value is -1.96. The molecule has 0 radical (unpaired) electrons. The summed E-state index contributed by atoms with van der Waals surface area (Å²) >= 11 is 0. The van der Waals surface area contributed by atoms with E-state index in [-0.39, 0.29) is 10.7 Å². The first-order valence-corrected chi connectivity index (χ1v) is 7.82. The molecule has 7 nitrogen and oxygen atoms in total. The Balaban J connectivity index is 2.30. The molecule has 0 unspecified atom stereocenters. The second-order valence-corrected chi connectivity index (χ2v) is 5.96. The average Bonchev–Trinajstić information content (AvgIpc) is 2.87. The molecule has 0 aliphatic carbocycles. The van der Waals surface area contributed by atoms with Gasteiger partial charge in [-0.05, 0) is 20.3 Å². The van der Waals surface area contributed by atoms with Crippen LogP contribution in [-0.2, 0) is 23.0 Å². The van der Waals surface area contributed by atoms with Crippen LogP contribution in [-0.4, -0.2) is 28.2 Å². The number of hydrogen-bond acceptors (Lipinski definition) is 5. The van der Waals surface area contributed by atoms with Gasteiger partial charge < -0.3 is 0 Å². The summed E-state index contributed by atoms with van der Waals surface area (Å²) in [5.74, 6) is 0.810. The van der Waals surface area contributed by atoms with Crippen molar-refractivity contribution in [3.63, 3.8) is 0 Å². The maximum atomic E-state index is 12.2. The second-order valence-electron chi connectivity index (χ2n) is 4.28.